The topological polar surface area (TPSA) is 116 Å². The number of hydrogen-bond acceptors (Lipinski definition) is 6. The molecule has 8 nitrogen and oxygen atoms in total. The summed E-state index contributed by atoms with van der Waals surface area (Å²) in [4.78, 5) is 36.8. The highest BCUT2D eigenvalue weighted by atomic mass is 32.1. The van der Waals surface area contributed by atoms with Crippen molar-refractivity contribution in [3.8, 4) is 6.07 Å². The Hall–Kier alpha value is -3.25. The quantitative estimate of drug-likeness (QED) is 0.654. The summed E-state index contributed by atoms with van der Waals surface area (Å²) >= 11 is 1.03. The summed E-state index contributed by atoms with van der Waals surface area (Å²) in [5.74, 6) is -0.764. The zero-order chi connectivity index (χ0) is 19.6. The Kier molecular flexibility index (Phi) is 5.38. The second kappa shape index (κ2) is 7.33. The molecule has 0 saturated heterocycles. The Bertz CT molecular complexity index is 956. The van der Waals surface area contributed by atoms with Crippen molar-refractivity contribution in [3.05, 3.63) is 55.4 Å². The number of amides is 2. The van der Waals surface area contributed by atoms with E-state index in [2.05, 4.69) is 5.32 Å². The minimum atomic E-state index is -0.521. The van der Waals surface area contributed by atoms with Gasteiger partial charge in [0.1, 0.15) is 11.1 Å². The van der Waals surface area contributed by atoms with Crippen LogP contribution in [0.3, 0.4) is 0 Å². The molecule has 2 rings (SSSR count). The van der Waals surface area contributed by atoms with Crippen LogP contribution in [0.5, 0.6) is 0 Å². The molecule has 0 saturated carbocycles. The fourth-order valence-electron chi connectivity index (χ4n) is 2.32. The Balaban J connectivity index is 2.37. The normalized spacial score (nSPS) is 10.1. The molecule has 0 unspecified atom stereocenters. The minimum absolute atomic E-state index is 0.0786. The number of rotatable bonds is 4. The van der Waals surface area contributed by atoms with Crippen LogP contribution in [-0.2, 0) is 0 Å². The number of hydrogen-bond donors (Lipinski definition) is 1. The number of nitrogens with zero attached hydrogens (tertiary/aromatic N) is 3. The van der Waals surface area contributed by atoms with Crippen LogP contribution in [0.4, 0.5) is 10.7 Å². The number of thiophene rings is 1. The predicted molar refractivity (Wildman–Crippen MR) is 97.6 cm³/mol. The molecular formula is C17H16N4O4S. The molecule has 2 aromatic rings. The Morgan fingerprint density at radius 2 is 1.96 bits per heavy atom. The van der Waals surface area contributed by atoms with Crippen LogP contribution >= 0.6 is 11.3 Å². The Morgan fingerprint density at radius 3 is 2.46 bits per heavy atom. The highest BCUT2D eigenvalue weighted by Gasteiger charge is 2.23. The third-order valence-corrected chi connectivity index (χ3v) is 4.94. The average Bonchev–Trinajstić information content (AvgIpc) is 2.88. The molecule has 1 heterocycles. The van der Waals surface area contributed by atoms with Crippen LogP contribution < -0.4 is 5.32 Å². The van der Waals surface area contributed by atoms with Crippen LogP contribution in [0, 0.1) is 35.3 Å². The number of nitrogens with one attached hydrogen (secondary N) is 1. The lowest BCUT2D eigenvalue weighted by molar-refractivity contribution is -0.385. The number of aryl methyl sites for hydroxylation is 1. The van der Waals surface area contributed by atoms with Gasteiger partial charge in [-0.2, -0.15) is 5.26 Å². The van der Waals surface area contributed by atoms with E-state index in [4.69, 9.17) is 0 Å². The highest BCUT2D eigenvalue weighted by Crippen LogP contribution is 2.33. The van der Waals surface area contributed by atoms with E-state index < -0.39 is 10.8 Å². The number of nitro benzene ring substituents is 1. The molecule has 0 fully saturated rings. The van der Waals surface area contributed by atoms with E-state index in [0.717, 1.165) is 11.3 Å². The molecule has 0 aliphatic rings. The standard InChI is InChI=1S/C17H16N4O4S/c1-9-7-11(5-6-13(9)21(24)25)15(22)19-16-12(8-18)10(2)14(26-16)17(23)20(3)4/h5-7H,1-4H3,(H,19,22). The van der Waals surface area contributed by atoms with Crippen molar-refractivity contribution in [1.82, 2.24) is 4.90 Å². The molecular weight excluding hydrogens is 356 g/mol. The van der Waals surface area contributed by atoms with Crippen LogP contribution in [0.25, 0.3) is 0 Å². The van der Waals surface area contributed by atoms with Gasteiger partial charge in [0, 0.05) is 31.3 Å². The first kappa shape index (κ1) is 19.1. The first-order valence-electron chi connectivity index (χ1n) is 7.48. The minimum Gasteiger partial charge on any atom is -0.344 e. The Morgan fingerprint density at radius 1 is 1.31 bits per heavy atom. The van der Waals surface area contributed by atoms with Crippen molar-refractivity contribution in [1.29, 1.82) is 5.26 Å². The van der Waals surface area contributed by atoms with E-state index in [-0.39, 0.29) is 27.7 Å². The van der Waals surface area contributed by atoms with Crippen molar-refractivity contribution in [2.75, 3.05) is 19.4 Å². The third kappa shape index (κ3) is 3.55. The van der Waals surface area contributed by atoms with E-state index in [1.165, 1.54) is 23.1 Å². The average molecular weight is 372 g/mol. The summed E-state index contributed by atoms with van der Waals surface area (Å²) in [7, 11) is 3.21. The Labute approximate surface area is 153 Å². The maximum atomic E-state index is 12.5. The van der Waals surface area contributed by atoms with Gasteiger partial charge in [-0.05, 0) is 31.5 Å². The van der Waals surface area contributed by atoms with Crippen molar-refractivity contribution in [2.24, 2.45) is 0 Å². The number of benzene rings is 1. The molecule has 0 spiro atoms. The summed E-state index contributed by atoms with van der Waals surface area (Å²) in [6, 6.07) is 6.02. The first-order chi connectivity index (χ1) is 12.2. The molecule has 1 N–H and O–H groups in total. The second-order valence-electron chi connectivity index (χ2n) is 5.78. The van der Waals surface area contributed by atoms with Gasteiger partial charge < -0.3 is 10.2 Å². The van der Waals surface area contributed by atoms with Gasteiger partial charge in [-0.15, -0.1) is 11.3 Å². The second-order valence-corrected chi connectivity index (χ2v) is 6.80. The number of nitriles is 1. The summed E-state index contributed by atoms with van der Waals surface area (Å²) in [6.07, 6.45) is 0. The molecule has 26 heavy (non-hydrogen) atoms. The lowest BCUT2D eigenvalue weighted by Gasteiger charge is -2.08. The largest absolute Gasteiger partial charge is 0.344 e. The van der Waals surface area contributed by atoms with Crippen molar-refractivity contribution < 1.29 is 14.5 Å². The zero-order valence-corrected chi connectivity index (χ0v) is 15.4. The van der Waals surface area contributed by atoms with Gasteiger partial charge in [0.05, 0.1) is 15.4 Å². The van der Waals surface area contributed by atoms with Crippen LogP contribution in [0.1, 0.15) is 36.7 Å². The van der Waals surface area contributed by atoms with E-state index in [9.17, 15) is 25.0 Å². The summed E-state index contributed by atoms with van der Waals surface area (Å²) in [5, 5.41) is 23.1. The molecule has 2 amide bonds. The number of carbonyl (C=O) groups is 2. The van der Waals surface area contributed by atoms with Crippen molar-refractivity contribution in [2.45, 2.75) is 13.8 Å². The fraction of sp³-hybridized carbons (Fsp3) is 0.235. The van der Waals surface area contributed by atoms with Gasteiger partial charge in [-0.3, -0.25) is 19.7 Å². The number of nitro groups is 1. The van der Waals surface area contributed by atoms with Crippen LogP contribution in [0.2, 0.25) is 0 Å². The van der Waals surface area contributed by atoms with Gasteiger partial charge >= 0.3 is 0 Å². The smallest absolute Gasteiger partial charge is 0.272 e. The summed E-state index contributed by atoms with van der Waals surface area (Å²) < 4.78 is 0. The highest BCUT2D eigenvalue weighted by molar-refractivity contribution is 7.18. The summed E-state index contributed by atoms with van der Waals surface area (Å²) in [6.45, 7) is 3.19. The van der Waals surface area contributed by atoms with Gasteiger partial charge in [0.15, 0.2) is 0 Å². The zero-order valence-electron chi connectivity index (χ0n) is 14.6. The monoisotopic (exact) mass is 372 g/mol. The van der Waals surface area contributed by atoms with Gasteiger partial charge in [0.25, 0.3) is 17.5 Å². The number of anilines is 1. The van der Waals surface area contributed by atoms with E-state index >= 15 is 0 Å². The summed E-state index contributed by atoms with van der Waals surface area (Å²) in [5.41, 5.74) is 1.24. The molecule has 0 aliphatic carbocycles. The maximum Gasteiger partial charge on any atom is 0.272 e. The van der Waals surface area contributed by atoms with Gasteiger partial charge in [-0.25, -0.2) is 0 Å². The fourth-order valence-corrected chi connectivity index (χ4v) is 3.49. The molecule has 1 aromatic carbocycles. The molecule has 9 heteroatoms. The van der Waals surface area contributed by atoms with E-state index in [1.54, 1.807) is 27.9 Å². The van der Waals surface area contributed by atoms with Crippen molar-refractivity contribution >= 4 is 33.8 Å². The third-order valence-electron chi connectivity index (χ3n) is 3.74. The first-order valence-corrected chi connectivity index (χ1v) is 8.30. The molecule has 0 radical (unpaired) electrons. The van der Waals surface area contributed by atoms with Gasteiger partial charge in [0.2, 0.25) is 0 Å². The van der Waals surface area contributed by atoms with Gasteiger partial charge in [-0.1, -0.05) is 0 Å². The van der Waals surface area contributed by atoms with E-state index in [0.29, 0.717) is 16.0 Å². The van der Waals surface area contributed by atoms with E-state index in [1.807, 2.05) is 6.07 Å². The van der Waals surface area contributed by atoms with Crippen LogP contribution in [-0.4, -0.2) is 35.7 Å². The SMILES string of the molecule is Cc1cc(C(=O)Nc2sc(C(=O)N(C)C)c(C)c2C#N)ccc1[N+](=O)[O-]. The molecule has 1 aromatic heterocycles. The molecule has 0 aliphatic heterocycles. The lowest BCUT2D eigenvalue weighted by Crippen LogP contribution is -2.21. The molecule has 134 valence electrons. The lowest BCUT2D eigenvalue weighted by atomic mass is 10.1. The van der Waals surface area contributed by atoms with Crippen molar-refractivity contribution in [3.63, 3.8) is 0 Å². The number of carbonyl (C=O) groups excluding carboxylic acids is 2. The van der Waals surface area contributed by atoms with Crippen LogP contribution in [0.15, 0.2) is 18.2 Å². The molecule has 0 atom stereocenters. The maximum absolute atomic E-state index is 12.5. The molecule has 0 bridgehead atoms. The predicted octanol–water partition coefficient (Wildman–Crippen LogP) is 3.10.